The van der Waals surface area contributed by atoms with Gasteiger partial charge >= 0.3 is 0 Å². The van der Waals surface area contributed by atoms with Gasteiger partial charge in [0, 0.05) is 25.2 Å². The number of rotatable bonds is 7. The molecule has 6 rings (SSSR count). The third kappa shape index (κ3) is 5.32. The molecule has 2 N–H and O–H groups in total. The average Bonchev–Trinajstić information content (AvgIpc) is 3.72. The number of carbonyl (C=O) groups is 1. The molecular weight excluding hydrogens is 490 g/mol. The zero-order valence-electron chi connectivity index (χ0n) is 21.5. The van der Waals surface area contributed by atoms with E-state index in [-0.39, 0.29) is 11.6 Å². The second kappa shape index (κ2) is 10.6. The smallest absolute Gasteiger partial charge is 0.252 e. The number of carbonyl (C=O) groups excluding carboxylic acids is 1. The molecule has 1 saturated heterocycles. The Hall–Kier alpha value is -4.71. The van der Waals surface area contributed by atoms with Gasteiger partial charge in [-0.15, -0.1) is 0 Å². The topological polar surface area (TPSA) is 104 Å². The second-order valence-electron chi connectivity index (χ2n) is 10.2. The van der Waals surface area contributed by atoms with E-state index in [1.807, 2.05) is 70.3 Å². The van der Waals surface area contributed by atoms with E-state index in [0.29, 0.717) is 42.9 Å². The highest BCUT2D eigenvalue weighted by molar-refractivity contribution is 5.98. The highest BCUT2D eigenvalue weighted by Gasteiger charge is 2.29. The van der Waals surface area contributed by atoms with E-state index in [1.165, 1.54) is 6.33 Å². The van der Waals surface area contributed by atoms with Crippen molar-refractivity contribution >= 4 is 22.8 Å². The third-order valence-corrected chi connectivity index (χ3v) is 7.35. The molecule has 2 aromatic heterocycles. The number of ether oxygens (including phenoxy) is 1. The van der Waals surface area contributed by atoms with Gasteiger partial charge in [-0.05, 0) is 73.9 Å². The summed E-state index contributed by atoms with van der Waals surface area (Å²) in [4.78, 5) is 26.9. The molecule has 9 heteroatoms. The number of anilines is 1. The van der Waals surface area contributed by atoms with E-state index in [9.17, 15) is 4.79 Å². The number of piperidine rings is 1. The molecule has 4 aromatic rings. The number of nitrogens with two attached hydrogens (primary N) is 1. The van der Waals surface area contributed by atoms with E-state index in [0.717, 1.165) is 53.8 Å². The highest BCUT2D eigenvalue weighted by Crippen LogP contribution is 2.34. The van der Waals surface area contributed by atoms with Crippen molar-refractivity contribution in [3.63, 3.8) is 0 Å². The predicted octanol–water partition coefficient (Wildman–Crippen LogP) is 5.32. The van der Waals surface area contributed by atoms with E-state index < -0.39 is 0 Å². The van der Waals surface area contributed by atoms with Gasteiger partial charge in [0.1, 0.15) is 29.3 Å². The standard InChI is InChI=1S/C30H29N7O2/c1-32-25(17-20-7-8-20)30(38)36-15-13-21(14-16-36)18-37-29-26(28(31)33-19-34-29)27(35-37)22-9-11-24(12-10-22)39-23-5-3-2-4-6-23/h2-6,9-12,17,19-21H,7-8,13-16,18H2,(H2,31,33,34)/b25-17-. The largest absolute Gasteiger partial charge is 0.457 e. The Morgan fingerprint density at radius 3 is 2.44 bits per heavy atom. The van der Waals surface area contributed by atoms with Crippen molar-refractivity contribution in [3.8, 4) is 22.8 Å². The van der Waals surface area contributed by atoms with E-state index in [4.69, 9.17) is 22.1 Å². The van der Waals surface area contributed by atoms with Gasteiger partial charge < -0.3 is 15.4 Å². The van der Waals surface area contributed by atoms with Crippen LogP contribution in [-0.2, 0) is 11.3 Å². The van der Waals surface area contributed by atoms with Crippen LogP contribution in [0.15, 0.2) is 72.7 Å². The Bertz CT molecular complexity index is 1560. The number of nitrogens with zero attached hydrogens (tertiary/aromatic N) is 6. The second-order valence-corrected chi connectivity index (χ2v) is 10.2. The maximum atomic E-state index is 12.8. The lowest BCUT2D eigenvalue weighted by atomic mass is 9.96. The van der Waals surface area contributed by atoms with Crippen LogP contribution in [-0.4, -0.2) is 43.6 Å². The summed E-state index contributed by atoms with van der Waals surface area (Å²) in [5, 5.41) is 5.66. The number of hydrogen-bond donors (Lipinski definition) is 1. The van der Waals surface area contributed by atoms with Crippen molar-refractivity contribution in [2.45, 2.75) is 32.2 Å². The van der Waals surface area contributed by atoms with E-state index in [2.05, 4.69) is 14.8 Å². The van der Waals surface area contributed by atoms with Crippen LogP contribution in [0.4, 0.5) is 5.82 Å². The Balaban J connectivity index is 1.18. The SMILES string of the molecule is [C-]#[N+]/C(=C\C1CC1)C(=O)N1CCC(Cn2nc(-c3ccc(Oc4ccccc4)cc3)c3c(N)ncnc32)CC1. The van der Waals surface area contributed by atoms with Crippen LogP contribution >= 0.6 is 0 Å². The number of allylic oxidation sites excluding steroid dienone is 1. The summed E-state index contributed by atoms with van der Waals surface area (Å²) in [6.45, 7) is 9.34. The summed E-state index contributed by atoms with van der Waals surface area (Å²) < 4.78 is 7.85. The normalized spacial score (nSPS) is 16.3. The van der Waals surface area contributed by atoms with E-state index >= 15 is 0 Å². The fourth-order valence-corrected chi connectivity index (χ4v) is 5.03. The van der Waals surface area contributed by atoms with Crippen LogP contribution in [0, 0.1) is 18.4 Å². The molecule has 1 amide bonds. The minimum absolute atomic E-state index is 0.137. The Morgan fingerprint density at radius 2 is 1.74 bits per heavy atom. The molecule has 0 unspecified atom stereocenters. The molecule has 0 radical (unpaired) electrons. The van der Waals surface area contributed by atoms with Crippen LogP contribution < -0.4 is 10.5 Å². The predicted molar refractivity (Wildman–Crippen MR) is 148 cm³/mol. The van der Waals surface area contributed by atoms with Crippen molar-refractivity contribution < 1.29 is 9.53 Å². The van der Waals surface area contributed by atoms with Crippen molar-refractivity contribution in [1.82, 2.24) is 24.6 Å². The summed E-state index contributed by atoms with van der Waals surface area (Å²) >= 11 is 0. The summed E-state index contributed by atoms with van der Waals surface area (Å²) in [5.74, 6) is 2.48. The molecule has 2 aromatic carbocycles. The van der Waals surface area contributed by atoms with Gasteiger partial charge in [-0.3, -0.25) is 4.79 Å². The first-order valence-corrected chi connectivity index (χ1v) is 13.3. The number of hydrogen-bond acceptors (Lipinski definition) is 6. The van der Waals surface area contributed by atoms with Gasteiger partial charge in [-0.25, -0.2) is 19.5 Å². The maximum absolute atomic E-state index is 12.8. The minimum Gasteiger partial charge on any atom is -0.457 e. The summed E-state index contributed by atoms with van der Waals surface area (Å²) in [6.07, 6.45) is 7.15. The Morgan fingerprint density at radius 1 is 1.03 bits per heavy atom. The maximum Gasteiger partial charge on any atom is 0.252 e. The molecule has 196 valence electrons. The molecule has 0 spiro atoms. The zero-order valence-corrected chi connectivity index (χ0v) is 21.5. The lowest BCUT2D eigenvalue weighted by Crippen LogP contribution is -2.39. The van der Waals surface area contributed by atoms with Gasteiger partial charge in [0.15, 0.2) is 5.65 Å². The lowest BCUT2D eigenvalue weighted by molar-refractivity contribution is -0.128. The molecule has 0 atom stereocenters. The quantitative estimate of drug-likeness (QED) is 0.262. The van der Waals surface area contributed by atoms with Gasteiger partial charge in [0.05, 0.1) is 12.0 Å². The van der Waals surface area contributed by atoms with Crippen molar-refractivity contribution in [3.05, 3.63) is 84.1 Å². The van der Waals surface area contributed by atoms with Crippen LogP contribution in [0.25, 0.3) is 27.1 Å². The molecular formula is C30H29N7O2. The van der Waals surface area contributed by atoms with Crippen LogP contribution in [0.1, 0.15) is 25.7 Å². The molecule has 9 nitrogen and oxygen atoms in total. The molecule has 1 aliphatic carbocycles. The van der Waals surface area contributed by atoms with Gasteiger partial charge in [-0.1, -0.05) is 24.3 Å². The number of aromatic nitrogens is 4. The molecule has 0 bridgehead atoms. The summed E-state index contributed by atoms with van der Waals surface area (Å²) in [5.41, 5.74) is 8.90. The number of nitrogen functional groups attached to an aromatic ring is 1. The first kappa shape index (κ1) is 24.6. The molecule has 3 heterocycles. The van der Waals surface area contributed by atoms with Crippen LogP contribution in [0.5, 0.6) is 11.5 Å². The fourth-order valence-electron chi connectivity index (χ4n) is 5.03. The van der Waals surface area contributed by atoms with E-state index in [1.54, 1.807) is 0 Å². The van der Waals surface area contributed by atoms with Gasteiger partial charge in [-0.2, -0.15) is 5.10 Å². The fraction of sp³-hybridized carbons (Fsp3) is 0.300. The first-order chi connectivity index (χ1) is 19.1. The van der Waals surface area contributed by atoms with Crippen molar-refractivity contribution in [2.24, 2.45) is 11.8 Å². The molecule has 39 heavy (non-hydrogen) atoms. The number of likely N-dealkylation sites (tertiary alicyclic amines) is 1. The zero-order chi connectivity index (χ0) is 26.8. The molecule has 2 fully saturated rings. The molecule has 2 aliphatic rings. The number of para-hydroxylation sites is 1. The molecule has 1 saturated carbocycles. The lowest BCUT2D eigenvalue weighted by Gasteiger charge is -2.32. The minimum atomic E-state index is -0.137. The Labute approximate surface area is 226 Å². The van der Waals surface area contributed by atoms with Crippen molar-refractivity contribution in [1.29, 1.82) is 0 Å². The van der Waals surface area contributed by atoms with Crippen molar-refractivity contribution in [2.75, 3.05) is 18.8 Å². The highest BCUT2D eigenvalue weighted by atomic mass is 16.5. The monoisotopic (exact) mass is 519 g/mol. The first-order valence-electron chi connectivity index (χ1n) is 13.3. The molecule has 1 aliphatic heterocycles. The number of benzene rings is 2. The Kier molecular flexibility index (Phi) is 6.68. The third-order valence-electron chi connectivity index (χ3n) is 7.35. The average molecular weight is 520 g/mol. The van der Waals surface area contributed by atoms with Gasteiger partial charge in [0.2, 0.25) is 5.70 Å². The summed E-state index contributed by atoms with van der Waals surface area (Å²) in [6, 6.07) is 17.4. The van der Waals surface area contributed by atoms with Crippen LogP contribution in [0.2, 0.25) is 0 Å². The number of fused-ring (bicyclic) bond motifs is 1. The van der Waals surface area contributed by atoms with Crippen LogP contribution in [0.3, 0.4) is 0 Å². The van der Waals surface area contributed by atoms with Gasteiger partial charge in [0.25, 0.3) is 5.91 Å². The summed E-state index contributed by atoms with van der Waals surface area (Å²) in [7, 11) is 0. The number of amides is 1.